The van der Waals surface area contributed by atoms with Crippen LogP contribution < -0.4 is 9.62 Å². The van der Waals surface area contributed by atoms with Crippen LogP contribution in [0.4, 0.5) is 20.2 Å². The van der Waals surface area contributed by atoms with Crippen LogP contribution in [0.1, 0.15) is 84.8 Å². The number of benzene rings is 3. The maximum atomic E-state index is 14.4. The Morgan fingerprint density at radius 3 is 2.33 bits per heavy atom. The second-order valence-electron chi connectivity index (χ2n) is 13.3. The second-order valence-corrected chi connectivity index (χ2v) is 15.2. The molecule has 3 aromatic carbocycles. The largest absolute Gasteiger partial charge is 0.462 e. The number of halogens is 2. The topological polar surface area (TPSA) is 113 Å². The van der Waals surface area contributed by atoms with Crippen LogP contribution in [0, 0.1) is 25.5 Å². The van der Waals surface area contributed by atoms with Gasteiger partial charge in [-0.1, -0.05) is 23.8 Å². The molecular formula is C37H40F2N2O6S. The first-order valence-electron chi connectivity index (χ1n) is 15.7. The number of hydrogen-bond donors (Lipinski definition) is 2. The first kappa shape index (κ1) is 35.0. The van der Waals surface area contributed by atoms with Gasteiger partial charge in [-0.05, 0) is 118 Å². The number of ether oxygens (including phenoxy) is 1. The fourth-order valence-electron chi connectivity index (χ4n) is 6.57. The molecule has 1 heterocycles. The van der Waals surface area contributed by atoms with E-state index in [1.54, 1.807) is 39.0 Å². The molecule has 11 heteroatoms. The molecule has 254 valence electrons. The maximum Gasteiger partial charge on any atom is 0.310 e. The van der Waals surface area contributed by atoms with Crippen LogP contribution in [0.25, 0.3) is 16.7 Å². The minimum atomic E-state index is -3.89. The minimum Gasteiger partial charge on any atom is -0.462 e. The monoisotopic (exact) mass is 678 g/mol. The van der Waals surface area contributed by atoms with Gasteiger partial charge in [-0.15, -0.1) is 0 Å². The Bertz CT molecular complexity index is 2010. The molecule has 0 saturated heterocycles. The molecule has 0 spiro atoms. The summed E-state index contributed by atoms with van der Waals surface area (Å²) in [5, 5.41) is 12.8. The molecule has 5 rings (SSSR count). The van der Waals surface area contributed by atoms with Gasteiger partial charge in [0.1, 0.15) is 18.2 Å². The molecule has 0 fully saturated rings. The van der Waals surface area contributed by atoms with Crippen molar-refractivity contribution in [2.75, 3.05) is 22.5 Å². The lowest BCUT2D eigenvalue weighted by Crippen LogP contribution is -2.37. The number of rotatable bonds is 8. The summed E-state index contributed by atoms with van der Waals surface area (Å²) in [6.45, 7) is 10.4. The Morgan fingerprint density at radius 2 is 1.73 bits per heavy atom. The third-order valence-electron chi connectivity index (χ3n) is 8.82. The fourth-order valence-corrected chi connectivity index (χ4v) is 7.82. The number of fused-ring (bicyclic) bond motifs is 3. The number of amides is 1. The first-order chi connectivity index (χ1) is 22.4. The third-order valence-corrected chi connectivity index (χ3v) is 10.0. The van der Waals surface area contributed by atoms with E-state index in [4.69, 9.17) is 4.74 Å². The van der Waals surface area contributed by atoms with Gasteiger partial charge in [-0.2, -0.15) is 0 Å². The Morgan fingerprint density at radius 1 is 1.02 bits per heavy atom. The average Bonchev–Trinajstić information content (AvgIpc) is 2.98. The van der Waals surface area contributed by atoms with Crippen LogP contribution in [0.15, 0.2) is 54.1 Å². The number of nitrogens with zero attached hydrogens (tertiary/aromatic N) is 1. The van der Waals surface area contributed by atoms with Crippen molar-refractivity contribution in [1.29, 1.82) is 0 Å². The Labute approximate surface area is 280 Å². The Kier molecular flexibility index (Phi) is 9.42. The number of nitrogens with one attached hydrogen (secondary N) is 1. The summed E-state index contributed by atoms with van der Waals surface area (Å²) < 4.78 is 61.7. The predicted molar refractivity (Wildman–Crippen MR) is 183 cm³/mol. The highest BCUT2D eigenvalue weighted by Gasteiger charge is 2.38. The van der Waals surface area contributed by atoms with Crippen molar-refractivity contribution in [3.63, 3.8) is 0 Å². The molecule has 1 amide bonds. The number of hydrogen-bond acceptors (Lipinski definition) is 6. The molecule has 1 aliphatic heterocycles. The summed E-state index contributed by atoms with van der Waals surface area (Å²) in [5.74, 6) is -3.13. The molecule has 1 atom stereocenters. The molecule has 3 aromatic rings. The lowest BCUT2D eigenvalue weighted by Gasteiger charge is -2.40. The molecule has 0 aromatic heterocycles. The highest BCUT2D eigenvalue weighted by molar-refractivity contribution is 7.92. The summed E-state index contributed by atoms with van der Waals surface area (Å²) >= 11 is 0. The number of carbonyl (C=O) groups is 2. The van der Waals surface area contributed by atoms with Gasteiger partial charge < -0.3 is 15.2 Å². The third kappa shape index (κ3) is 6.93. The lowest BCUT2D eigenvalue weighted by molar-refractivity contribution is -0.149. The van der Waals surface area contributed by atoms with E-state index in [1.807, 2.05) is 26.0 Å². The van der Waals surface area contributed by atoms with Crippen molar-refractivity contribution in [2.24, 2.45) is 0 Å². The van der Waals surface area contributed by atoms with E-state index in [0.717, 1.165) is 53.5 Å². The van der Waals surface area contributed by atoms with E-state index in [9.17, 15) is 31.9 Å². The summed E-state index contributed by atoms with van der Waals surface area (Å²) in [6.07, 6.45) is 6.61. The molecule has 0 unspecified atom stereocenters. The van der Waals surface area contributed by atoms with Crippen LogP contribution in [0.2, 0.25) is 0 Å². The molecule has 2 aliphatic rings. The lowest BCUT2D eigenvalue weighted by atomic mass is 9.78. The van der Waals surface area contributed by atoms with Gasteiger partial charge in [0, 0.05) is 17.3 Å². The second kappa shape index (κ2) is 12.9. The van der Waals surface area contributed by atoms with Crippen molar-refractivity contribution in [3.8, 4) is 11.1 Å². The van der Waals surface area contributed by atoms with Crippen molar-refractivity contribution in [2.45, 2.75) is 72.4 Å². The number of sulfonamides is 1. The van der Waals surface area contributed by atoms with E-state index in [-0.39, 0.29) is 18.6 Å². The van der Waals surface area contributed by atoms with Gasteiger partial charge in [0.2, 0.25) is 10.0 Å². The SMILES string of the molecule is CC1=CC=C(c2c(C)c3c(c(C)c2CC(=O)OCC(C)(C)O)N(S(C)(=O)=O)[C@H](C)c2cc(NC(=O)c4ccc(F)cc4F)ccc2-3)CC1. The molecule has 0 radical (unpaired) electrons. The molecule has 2 N–H and O–H groups in total. The van der Waals surface area contributed by atoms with Gasteiger partial charge in [-0.3, -0.25) is 13.9 Å². The van der Waals surface area contributed by atoms with E-state index >= 15 is 0 Å². The predicted octanol–water partition coefficient (Wildman–Crippen LogP) is 7.32. The normalized spacial score (nSPS) is 16.0. The van der Waals surface area contributed by atoms with Crippen LogP contribution >= 0.6 is 0 Å². The average molecular weight is 679 g/mol. The molecule has 48 heavy (non-hydrogen) atoms. The van der Waals surface area contributed by atoms with Gasteiger partial charge in [-0.25, -0.2) is 17.2 Å². The number of anilines is 2. The fraction of sp³-hybridized carbons (Fsp3) is 0.351. The highest BCUT2D eigenvalue weighted by Crippen LogP contribution is 2.53. The molecule has 0 bridgehead atoms. The maximum absolute atomic E-state index is 14.4. The van der Waals surface area contributed by atoms with E-state index < -0.39 is 45.2 Å². The first-order valence-corrected chi connectivity index (χ1v) is 17.5. The Hall–Kier alpha value is -4.35. The zero-order valence-corrected chi connectivity index (χ0v) is 28.9. The smallest absolute Gasteiger partial charge is 0.310 e. The van der Waals surface area contributed by atoms with Crippen molar-refractivity contribution in [3.05, 3.63) is 99.1 Å². The van der Waals surface area contributed by atoms with Crippen molar-refractivity contribution >= 4 is 38.8 Å². The minimum absolute atomic E-state index is 0.130. The van der Waals surface area contributed by atoms with Gasteiger partial charge >= 0.3 is 5.97 Å². The summed E-state index contributed by atoms with van der Waals surface area (Å²) in [6, 6.07) is 7.10. The van der Waals surface area contributed by atoms with Crippen molar-refractivity contribution in [1.82, 2.24) is 0 Å². The van der Waals surface area contributed by atoms with Gasteiger partial charge in [0.05, 0.1) is 35.6 Å². The van der Waals surface area contributed by atoms with Crippen LogP contribution in [-0.2, 0) is 26.0 Å². The van der Waals surface area contributed by atoms with E-state index in [0.29, 0.717) is 39.7 Å². The van der Waals surface area contributed by atoms with Gasteiger partial charge in [0.25, 0.3) is 5.91 Å². The highest BCUT2D eigenvalue weighted by atomic mass is 32.2. The molecular weight excluding hydrogens is 638 g/mol. The molecule has 1 aliphatic carbocycles. The number of aliphatic hydroxyl groups is 1. The summed E-state index contributed by atoms with van der Waals surface area (Å²) in [4.78, 5) is 26.2. The molecule has 0 saturated carbocycles. The zero-order chi connectivity index (χ0) is 35.3. The molecule has 8 nitrogen and oxygen atoms in total. The standard InChI is InChI=1S/C37H40F2N2O6S/c1-20-8-10-24(11-9-20)33-22(3)34-27-15-13-26(40-36(43)28-14-12-25(38)16-31(28)39)17-30(27)23(4)41(48(7,45)46)35(34)21(2)29(33)18-32(42)47-19-37(5,6)44/h8,10,12-17,23,44H,9,11,18-19H2,1-7H3,(H,40,43)/t23-/m1/s1. The zero-order valence-electron chi connectivity index (χ0n) is 28.1. The van der Waals surface area contributed by atoms with Gasteiger partial charge in [0.15, 0.2) is 0 Å². The van der Waals surface area contributed by atoms with Crippen LogP contribution in [0.5, 0.6) is 0 Å². The van der Waals surface area contributed by atoms with E-state index in [2.05, 4.69) is 12.2 Å². The number of allylic oxidation sites excluding steroid dienone is 4. The number of carbonyl (C=O) groups excluding carboxylic acids is 2. The van der Waals surface area contributed by atoms with Crippen LogP contribution in [0.3, 0.4) is 0 Å². The van der Waals surface area contributed by atoms with E-state index in [1.165, 1.54) is 9.88 Å². The van der Waals surface area contributed by atoms with Crippen LogP contribution in [-0.4, -0.2) is 43.9 Å². The quantitative estimate of drug-likeness (QED) is 0.242. The Balaban J connectivity index is 1.70. The summed E-state index contributed by atoms with van der Waals surface area (Å²) in [5.41, 5.74) is 6.38. The summed E-state index contributed by atoms with van der Waals surface area (Å²) in [7, 11) is -3.89. The van der Waals surface area contributed by atoms with Crippen molar-refractivity contribution < 1.29 is 36.6 Å². The number of esters is 1.